The largest absolute Gasteiger partial charge is 0.462 e. The summed E-state index contributed by atoms with van der Waals surface area (Å²) in [6.45, 7) is 4.36. The smallest absolute Gasteiger partial charge is 0.308 e. The van der Waals surface area contributed by atoms with Gasteiger partial charge >= 0.3 is 5.97 Å². The van der Waals surface area contributed by atoms with Crippen LogP contribution in [0, 0.1) is 0 Å². The number of hydrogen-bond donors (Lipinski definition) is 1. The van der Waals surface area contributed by atoms with Crippen LogP contribution in [0.25, 0.3) is 0 Å². The molecule has 0 amide bonds. The summed E-state index contributed by atoms with van der Waals surface area (Å²) in [4.78, 5) is 11.6. The first-order chi connectivity index (χ1) is 11.2. The van der Waals surface area contributed by atoms with Crippen molar-refractivity contribution < 1.29 is 14.6 Å². The van der Waals surface area contributed by atoms with Crippen molar-refractivity contribution in [2.45, 2.75) is 116 Å². The molecule has 0 saturated heterocycles. The molecule has 0 aromatic heterocycles. The molecule has 0 aromatic carbocycles. The zero-order valence-corrected chi connectivity index (χ0v) is 15.7. The Hall–Kier alpha value is -0.570. The van der Waals surface area contributed by atoms with Crippen molar-refractivity contribution in [3.05, 3.63) is 0 Å². The van der Waals surface area contributed by atoms with E-state index in [1.807, 2.05) is 0 Å². The maximum Gasteiger partial charge on any atom is 0.308 e. The second-order valence-corrected chi connectivity index (χ2v) is 6.70. The molecule has 0 bridgehead atoms. The molecule has 0 heterocycles. The lowest BCUT2D eigenvalue weighted by Gasteiger charge is -2.18. The van der Waals surface area contributed by atoms with Gasteiger partial charge in [0.05, 0.1) is 13.0 Å². The molecular weight excluding hydrogens is 288 g/mol. The van der Waals surface area contributed by atoms with Crippen LogP contribution in [0.5, 0.6) is 0 Å². The third-order valence-electron chi connectivity index (χ3n) is 4.37. The Morgan fingerprint density at radius 1 is 0.783 bits per heavy atom. The van der Waals surface area contributed by atoms with Crippen LogP contribution in [-0.2, 0) is 9.53 Å². The van der Waals surface area contributed by atoms with Crippen molar-refractivity contribution in [3.63, 3.8) is 0 Å². The van der Waals surface area contributed by atoms with Crippen LogP contribution >= 0.6 is 0 Å². The number of rotatable bonds is 17. The summed E-state index contributed by atoms with van der Waals surface area (Å²) >= 11 is 0. The minimum atomic E-state index is -0.241. The molecule has 23 heavy (non-hydrogen) atoms. The Bertz CT molecular complexity index is 237. The second-order valence-electron chi connectivity index (χ2n) is 6.70. The van der Waals surface area contributed by atoms with Crippen molar-refractivity contribution in [1.82, 2.24) is 0 Å². The monoisotopic (exact) mass is 328 g/mol. The summed E-state index contributed by atoms with van der Waals surface area (Å²) in [6, 6.07) is 0. The van der Waals surface area contributed by atoms with Crippen molar-refractivity contribution in [2.24, 2.45) is 0 Å². The van der Waals surface area contributed by atoms with E-state index >= 15 is 0 Å². The molecule has 138 valence electrons. The van der Waals surface area contributed by atoms with E-state index in [-0.39, 0.29) is 25.1 Å². The van der Waals surface area contributed by atoms with E-state index in [0.717, 1.165) is 25.7 Å². The SMILES string of the molecule is CCCCCCCCC(CCCCCCCC)OC(=O)CCO. The third-order valence-corrected chi connectivity index (χ3v) is 4.37. The lowest BCUT2D eigenvalue weighted by atomic mass is 10.0. The van der Waals surface area contributed by atoms with E-state index in [2.05, 4.69) is 13.8 Å². The summed E-state index contributed by atoms with van der Waals surface area (Å²) in [5, 5.41) is 8.84. The number of aliphatic hydroxyl groups is 1. The zero-order chi connectivity index (χ0) is 17.2. The number of esters is 1. The predicted octanol–water partition coefficient (Wildman–Crippen LogP) is 5.78. The molecule has 0 fully saturated rings. The van der Waals surface area contributed by atoms with Gasteiger partial charge in [-0.2, -0.15) is 0 Å². The molecule has 1 N–H and O–H groups in total. The standard InChI is InChI=1S/C20H40O3/c1-3-5-7-9-11-13-15-19(23-20(22)17-18-21)16-14-12-10-8-6-4-2/h19,21H,3-18H2,1-2H3. The van der Waals surface area contributed by atoms with Gasteiger partial charge in [0.15, 0.2) is 0 Å². The summed E-state index contributed by atoms with van der Waals surface area (Å²) in [7, 11) is 0. The van der Waals surface area contributed by atoms with E-state index < -0.39 is 0 Å². The molecule has 0 aromatic rings. The van der Waals surface area contributed by atoms with Gasteiger partial charge in [-0.15, -0.1) is 0 Å². The number of aliphatic hydroxyl groups excluding tert-OH is 1. The zero-order valence-electron chi connectivity index (χ0n) is 15.7. The van der Waals surface area contributed by atoms with Crippen molar-refractivity contribution >= 4 is 5.97 Å². The maximum atomic E-state index is 11.6. The summed E-state index contributed by atoms with van der Waals surface area (Å²) in [5.74, 6) is -0.241. The third kappa shape index (κ3) is 16.1. The first-order valence-electron chi connectivity index (χ1n) is 10.0. The highest BCUT2D eigenvalue weighted by Crippen LogP contribution is 2.17. The van der Waals surface area contributed by atoms with Crippen LogP contribution in [0.4, 0.5) is 0 Å². The molecule has 0 rings (SSSR count). The molecule has 0 aliphatic carbocycles. The predicted molar refractivity (Wildman–Crippen MR) is 97.6 cm³/mol. The number of carbonyl (C=O) groups is 1. The van der Waals surface area contributed by atoms with Gasteiger partial charge in [-0.05, 0) is 25.7 Å². The van der Waals surface area contributed by atoms with E-state index in [0.29, 0.717) is 0 Å². The fourth-order valence-electron chi connectivity index (χ4n) is 2.90. The Balaban J connectivity index is 3.86. The van der Waals surface area contributed by atoms with Gasteiger partial charge in [0.2, 0.25) is 0 Å². The van der Waals surface area contributed by atoms with Crippen LogP contribution in [0.3, 0.4) is 0 Å². The van der Waals surface area contributed by atoms with E-state index in [1.165, 1.54) is 64.2 Å². The second kappa shape index (κ2) is 17.8. The Labute approximate surface area is 144 Å². The lowest BCUT2D eigenvalue weighted by molar-refractivity contribution is -0.150. The minimum Gasteiger partial charge on any atom is -0.462 e. The number of hydrogen-bond acceptors (Lipinski definition) is 3. The molecule has 0 aliphatic rings. The highest BCUT2D eigenvalue weighted by Gasteiger charge is 2.13. The molecule has 0 saturated carbocycles. The van der Waals surface area contributed by atoms with Crippen molar-refractivity contribution in [1.29, 1.82) is 0 Å². The van der Waals surface area contributed by atoms with Crippen LogP contribution in [0.1, 0.15) is 110 Å². The summed E-state index contributed by atoms with van der Waals surface area (Å²) < 4.78 is 5.55. The number of carbonyl (C=O) groups excluding carboxylic acids is 1. The topological polar surface area (TPSA) is 46.5 Å². The number of ether oxygens (including phenoxy) is 1. The van der Waals surface area contributed by atoms with Crippen molar-refractivity contribution in [3.8, 4) is 0 Å². The molecule has 0 spiro atoms. The minimum absolute atomic E-state index is 0.0615. The normalized spacial score (nSPS) is 11.1. The number of unbranched alkanes of at least 4 members (excludes halogenated alkanes) is 10. The molecule has 0 unspecified atom stereocenters. The van der Waals surface area contributed by atoms with Crippen molar-refractivity contribution in [2.75, 3.05) is 6.61 Å². The molecule has 0 atom stereocenters. The first-order valence-corrected chi connectivity index (χ1v) is 10.0. The van der Waals surface area contributed by atoms with Crippen LogP contribution in [-0.4, -0.2) is 23.8 Å². The maximum absolute atomic E-state index is 11.6. The lowest BCUT2D eigenvalue weighted by Crippen LogP contribution is -2.19. The highest BCUT2D eigenvalue weighted by atomic mass is 16.5. The average molecular weight is 329 g/mol. The molecular formula is C20H40O3. The van der Waals surface area contributed by atoms with E-state index in [1.54, 1.807) is 0 Å². The van der Waals surface area contributed by atoms with Gasteiger partial charge in [-0.25, -0.2) is 0 Å². The Morgan fingerprint density at radius 3 is 1.65 bits per heavy atom. The van der Waals surface area contributed by atoms with Crippen LogP contribution in [0.2, 0.25) is 0 Å². The van der Waals surface area contributed by atoms with Gasteiger partial charge in [0.25, 0.3) is 0 Å². The average Bonchev–Trinajstić information content (AvgIpc) is 2.53. The quantitative estimate of drug-likeness (QED) is 0.272. The van der Waals surface area contributed by atoms with Crippen LogP contribution in [0.15, 0.2) is 0 Å². The van der Waals surface area contributed by atoms with Crippen LogP contribution < -0.4 is 0 Å². The summed E-state index contributed by atoms with van der Waals surface area (Å²) in [5.41, 5.74) is 0. The van der Waals surface area contributed by atoms with Gasteiger partial charge in [-0.1, -0.05) is 78.1 Å². The van der Waals surface area contributed by atoms with E-state index in [4.69, 9.17) is 9.84 Å². The van der Waals surface area contributed by atoms with Gasteiger partial charge in [-0.3, -0.25) is 4.79 Å². The molecule has 0 radical (unpaired) electrons. The highest BCUT2D eigenvalue weighted by molar-refractivity contribution is 5.69. The summed E-state index contributed by atoms with van der Waals surface area (Å²) in [6.07, 6.45) is 17.4. The fraction of sp³-hybridized carbons (Fsp3) is 0.950. The van der Waals surface area contributed by atoms with Gasteiger partial charge in [0.1, 0.15) is 6.10 Å². The Morgan fingerprint density at radius 2 is 1.22 bits per heavy atom. The van der Waals surface area contributed by atoms with E-state index in [9.17, 15) is 4.79 Å². The first kappa shape index (κ1) is 22.4. The molecule has 3 nitrogen and oxygen atoms in total. The fourth-order valence-corrected chi connectivity index (χ4v) is 2.90. The molecule has 3 heteroatoms. The van der Waals surface area contributed by atoms with Gasteiger partial charge in [0, 0.05) is 0 Å². The van der Waals surface area contributed by atoms with Gasteiger partial charge < -0.3 is 9.84 Å². The Kier molecular flexibility index (Phi) is 17.3. The molecule has 0 aliphatic heterocycles.